The highest BCUT2D eigenvalue weighted by Crippen LogP contribution is 2.35. The van der Waals surface area contributed by atoms with Crippen molar-refractivity contribution in [3.8, 4) is 22.8 Å². The van der Waals surface area contributed by atoms with Crippen LogP contribution in [0, 0.1) is 0 Å². The molecule has 6 heteroatoms. The van der Waals surface area contributed by atoms with Crippen LogP contribution in [0.4, 0.5) is 0 Å². The first-order chi connectivity index (χ1) is 11.8. The molecule has 1 unspecified atom stereocenters. The molecule has 4 rings (SSSR count). The monoisotopic (exact) mass is 328 g/mol. The van der Waals surface area contributed by atoms with Gasteiger partial charge in [0.25, 0.3) is 0 Å². The molecule has 0 amide bonds. The summed E-state index contributed by atoms with van der Waals surface area (Å²) in [5, 5.41) is 10.8. The van der Waals surface area contributed by atoms with Gasteiger partial charge in [0.05, 0.1) is 11.9 Å². The van der Waals surface area contributed by atoms with Gasteiger partial charge in [0.15, 0.2) is 11.5 Å². The third-order valence-electron chi connectivity index (χ3n) is 4.86. The molecule has 0 spiro atoms. The molecule has 2 aromatic rings. The number of nitrogens with one attached hydrogen (secondary N) is 2. The van der Waals surface area contributed by atoms with E-state index >= 15 is 0 Å². The zero-order valence-electron chi connectivity index (χ0n) is 14.0. The second-order valence-electron chi connectivity index (χ2n) is 6.49. The molecule has 1 aromatic heterocycles. The first-order valence-electron chi connectivity index (χ1n) is 8.65. The topological polar surface area (TPSA) is 62.4 Å². The van der Waals surface area contributed by atoms with Gasteiger partial charge in [-0.05, 0) is 44.6 Å². The lowest BCUT2D eigenvalue weighted by molar-refractivity contribution is 0.171. The Morgan fingerprint density at radius 2 is 2.17 bits per heavy atom. The predicted molar refractivity (Wildman–Crippen MR) is 92.4 cm³/mol. The fourth-order valence-corrected chi connectivity index (χ4v) is 3.56. The summed E-state index contributed by atoms with van der Waals surface area (Å²) in [6.07, 6.45) is 4.44. The average Bonchev–Trinajstić information content (AvgIpc) is 3.09. The van der Waals surface area contributed by atoms with Crippen LogP contribution in [0.2, 0.25) is 0 Å². The molecule has 2 aliphatic rings. The maximum atomic E-state index is 5.70. The van der Waals surface area contributed by atoms with Crippen LogP contribution in [0.5, 0.6) is 11.5 Å². The molecule has 0 aliphatic carbocycles. The number of fused-ring (bicyclic) bond motifs is 1. The summed E-state index contributed by atoms with van der Waals surface area (Å²) in [5.74, 6) is 1.63. The van der Waals surface area contributed by atoms with Gasteiger partial charge in [0.2, 0.25) is 0 Å². The average molecular weight is 328 g/mol. The molecule has 6 nitrogen and oxygen atoms in total. The van der Waals surface area contributed by atoms with Crippen LogP contribution in [-0.4, -0.2) is 54.5 Å². The van der Waals surface area contributed by atoms with Crippen molar-refractivity contribution in [3.63, 3.8) is 0 Å². The standard InChI is InChI=1S/C18H24N4O2/c1-19-15-3-2-6-22(12-15)11-14-10-20-21-18(14)13-4-5-16-17(9-13)24-8-7-23-16/h4-5,9-10,15,19H,2-3,6-8,11-12H2,1H3,(H,20,21). The molecule has 0 bridgehead atoms. The highest BCUT2D eigenvalue weighted by molar-refractivity contribution is 5.66. The molecule has 2 N–H and O–H groups in total. The highest BCUT2D eigenvalue weighted by Gasteiger charge is 2.21. The van der Waals surface area contributed by atoms with E-state index in [2.05, 4.69) is 26.5 Å². The number of hydrogen-bond acceptors (Lipinski definition) is 5. The number of piperidine rings is 1. The van der Waals surface area contributed by atoms with Gasteiger partial charge in [-0.25, -0.2) is 0 Å². The van der Waals surface area contributed by atoms with Gasteiger partial charge in [-0.3, -0.25) is 10.00 Å². The first kappa shape index (κ1) is 15.5. The van der Waals surface area contributed by atoms with E-state index in [1.54, 1.807) is 0 Å². The number of aromatic amines is 1. The quantitative estimate of drug-likeness (QED) is 0.899. The SMILES string of the molecule is CNC1CCCN(Cc2cn[nH]c2-c2ccc3c(c2)OCCO3)C1. The van der Waals surface area contributed by atoms with Gasteiger partial charge in [-0.2, -0.15) is 5.10 Å². The minimum atomic E-state index is 0.586. The maximum Gasteiger partial charge on any atom is 0.162 e. The predicted octanol–water partition coefficient (Wildman–Crippen LogP) is 2.03. The lowest BCUT2D eigenvalue weighted by atomic mass is 10.0. The molecular formula is C18H24N4O2. The summed E-state index contributed by atoms with van der Waals surface area (Å²) < 4.78 is 11.3. The van der Waals surface area contributed by atoms with Crippen molar-refractivity contribution < 1.29 is 9.47 Å². The van der Waals surface area contributed by atoms with Gasteiger partial charge in [-0.1, -0.05) is 0 Å². The summed E-state index contributed by atoms with van der Waals surface area (Å²) >= 11 is 0. The molecule has 1 atom stereocenters. The molecule has 2 aliphatic heterocycles. The van der Waals surface area contributed by atoms with Crippen molar-refractivity contribution >= 4 is 0 Å². The molecule has 0 saturated carbocycles. The molecule has 0 radical (unpaired) electrons. The molecule has 24 heavy (non-hydrogen) atoms. The van der Waals surface area contributed by atoms with Crippen LogP contribution in [0.25, 0.3) is 11.3 Å². The number of ether oxygens (including phenoxy) is 2. The Bertz CT molecular complexity index is 700. The number of likely N-dealkylation sites (tertiary alicyclic amines) is 1. The van der Waals surface area contributed by atoms with Crippen LogP contribution in [0.3, 0.4) is 0 Å². The van der Waals surface area contributed by atoms with Crippen molar-refractivity contribution in [1.82, 2.24) is 20.4 Å². The zero-order chi connectivity index (χ0) is 16.4. The smallest absolute Gasteiger partial charge is 0.162 e. The fourth-order valence-electron chi connectivity index (χ4n) is 3.56. The Balaban J connectivity index is 1.54. The summed E-state index contributed by atoms with van der Waals surface area (Å²) in [7, 11) is 2.05. The van der Waals surface area contributed by atoms with E-state index in [9.17, 15) is 0 Å². The summed E-state index contributed by atoms with van der Waals surface area (Å²) in [5.41, 5.74) is 3.39. The van der Waals surface area contributed by atoms with Crippen LogP contribution < -0.4 is 14.8 Å². The number of likely N-dealkylation sites (N-methyl/N-ethyl adjacent to an activating group) is 1. The number of hydrogen-bond donors (Lipinski definition) is 2. The van der Waals surface area contributed by atoms with Gasteiger partial charge in [0, 0.05) is 30.3 Å². The Labute approximate surface area is 142 Å². The van der Waals surface area contributed by atoms with Gasteiger partial charge >= 0.3 is 0 Å². The van der Waals surface area contributed by atoms with Crippen LogP contribution in [0.1, 0.15) is 18.4 Å². The molecule has 3 heterocycles. The Morgan fingerprint density at radius 1 is 1.29 bits per heavy atom. The van der Waals surface area contributed by atoms with E-state index in [1.165, 1.54) is 18.4 Å². The second kappa shape index (κ2) is 6.83. The third-order valence-corrected chi connectivity index (χ3v) is 4.86. The number of rotatable bonds is 4. The molecule has 1 aromatic carbocycles. The van der Waals surface area contributed by atoms with Crippen molar-refractivity contribution in [2.75, 3.05) is 33.4 Å². The van der Waals surface area contributed by atoms with E-state index in [-0.39, 0.29) is 0 Å². The Kier molecular flexibility index (Phi) is 4.40. The maximum absolute atomic E-state index is 5.70. The van der Waals surface area contributed by atoms with Crippen LogP contribution in [-0.2, 0) is 6.54 Å². The molecule has 1 fully saturated rings. The minimum absolute atomic E-state index is 0.586. The van der Waals surface area contributed by atoms with E-state index < -0.39 is 0 Å². The number of benzene rings is 1. The third kappa shape index (κ3) is 3.12. The largest absolute Gasteiger partial charge is 0.486 e. The lowest BCUT2D eigenvalue weighted by Crippen LogP contribution is -2.43. The van der Waals surface area contributed by atoms with Gasteiger partial charge in [-0.15, -0.1) is 0 Å². The number of H-pyrrole nitrogens is 1. The van der Waals surface area contributed by atoms with E-state index in [1.807, 2.05) is 25.4 Å². The van der Waals surface area contributed by atoms with E-state index in [0.29, 0.717) is 19.3 Å². The summed E-state index contributed by atoms with van der Waals surface area (Å²) in [4.78, 5) is 2.50. The summed E-state index contributed by atoms with van der Waals surface area (Å²) in [6.45, 7) is 4.36. The van der Waals surface area contributed by atoms with E-state index in [4.69, 9.17) is 9.47 Å². The molecule has 128 valence electrons. The lowest BCUT2D eigenvalue weighted by Gasteiger charge is -2.32. The summed E-state index contributed by atoms with van der Waals surface area (Å²) in [6, 6.07) is 6.67. The van der Waals surface area contributed by atoms with E-state index in [0.717, 1.165) is 42.4 Å². The fraction of sp³-hybridized carbons (Fsp3) is 0.500. The van der Waals surface area contributed by atoms with Gasteiger partial charge in [0.1, 0.15) is 13.2 Å². The van der Waals surface area contributed by atoms with Crippen LogP contribution in [0.15, 0.2) is 24.4 Å². The number of nitrogens with zero attached hydrogens (tertiary/aromatic N) is 2. The second-order valence-corrected chi connectivity index (χ2v) is 6.49. The normalized spacial score (nSPS) is 21.0. The zero-order valence-corrected chi connectivity index (χ0v) is 14.0. The highest BCUT2D eigenvalue weighted by atomic mass is 16.6. The van der Waals surface area contributed by atoms with Gasteiger partial charge < -0.3 is 14.8 Å². The number of aromatic nitrogens is 2. The van der Waals surface area contributed by atoms with Crippen molar-refractivity contribution in [2.45, 2.75) is 25.4 Å². The molecular weight excluding hydrogens is 304 g/mol. The van der Waals surface area contributed by atoms with Crippen LogP contribution >= 0.6 is 0 Å². The minimum Gasteiger partial charge on any atom is -0.486 e. The van der Waals surface area contributed by atoms with Crippen molar-refractivity contribution in [3.05, 3.63) is 30.0 Å². The Morgan fingerprint density at radius 3 is 3.04 bits per heavy atom. The Hall–Kier alpha value is -2.05. The van der Waals surface area contributed by atoms with Crippen molar-refractivity contribution in [1.29, 1.82) is 0 Å². The first-order valence-corrected chi connectivity index (χ1v) is 8.65. The van der Waals surface area contributed by atoms with Crippen molar-refractivity contribution in [2.24, 2.45) is 0 Å². The molecule has 1 saturated heterocycles.